The van der Waals surface area contributed by atoms with Crippen LogP contribution >= 0.6 is 24.0 Å². The Labute approximate surface area is 193 Å². The van der Waals surface area contributed by atoms with Crippen LogP contribution in [0.4, 0.5) is 5.69 Å². The number of benzene rings is 1. The summed E-state index contributed by atoms with van der Waals surface area (Å²) in [6.45, 7) is 5.59. The molecule has 162 valence electrons. The van der Waals surface area contributed by atoms with Gasteiger partial charge in [0.15, 0.2) is 5.96 Å². The summed E-state index contributed by atoms with van der Waals surface area (Å²) in [5.41, 5.74) is 1.84. The fraction of sp³-hybridized carbons (Fsp3) is 0.696. The van der Waals surface area contributed by atoms with Crippen molar-refractivity contribution in [3.05, 3.63) is 24.3 Å². The summed E-state index contributed by atoms with van der Waals surface area (Å²) in [7, 11) is 3.67. The van der Waals surface area contributed by atoms with Gasteiger partial charge in [0.05, 0.1) is 7.11 Å². The number of rotatable bonds is 4. The normalized spacial score (nSPS) is 23.9. The van der Waals surface area contributed by atoms with Crippen molar-refractivity contribution in [3.8, 4) is 5.75 Å². The van der Waals surface area contributed by atoms with Crippen LogP contribution < -0.4 is 15.0 Å². The van der Waals surface area contributed by atoms with E-state index in [2.05, 4.69) is 38.3 Å². The maximum absolute atomic E-state index is 5.38. The van der Waals surface area contributed by atoms with Gasteiger partial charge in [-0.1, -0.05) is 25.3 Å². The van der Waals surface area contributed by atoms with Crippen molar-refractivity contribution in [1.29, 1.82) is 0 Å². The summed E-state index contributed by atoms with van der Waals surface area (Å²) in [5, 5.41) is 3.69. The van der Waals surface area contributed by atoms with Crippen LogP contribution in [0.5, 0.6) is 5.75 Å². The van der Waals surface area contributed by atoms with E-state index in [9.17, 15) is 0 Å². The number of hydrogen-bond donors (Lipinski definition) is 1. The number of nitrogens with one attached hydrogen (secondary N) is 1. The fourth-order valence-corrected chi connectivity index (χ4v) is 5.43. The lowest BCUT2D eigenvalue weighted by atomic mass is 9.73. The number of nitrogens with zero attached hydrogens (tertiary/aromatic N) is 3. The number of halogens is 1. The second-order valence-corrected chi connectivity index (χ2v) is 8.96. The van der Waals surface area contributed by atoms with E-state index < -0.39 is 0 Å². The van der Waals surface area contributed by atoms with Crippen molar-refractivity contribution >= 4 is 35.6 Å². The second-order valence-electron chi connectivity index (χ2n) is 8.96. The fourth-order valence-electron chi connectivity index (χ4n) is 5.43. The Balaban J connectivity index is 0.00000240. The van der Waals surface area contributed by atoms with Gasteiger partial charge < -0.3 is 19.9 Å². The molecule has 0 radical (unpaired) electrons. The predicted octanol–water partition coefficient (Wildman–Crippen LogP) is 4.37. The van der Waals surface area contributed by atoms with E-state index in [4.69, 9.17) is 4.74 Å². The first-order valence-electron chi connectivity index (χ1n) is 11.1. The van der Waals surface area contributed by atoms with Crippen LogP contribution in [0, 0.1) is 11.3 Å². The smallest absolute Gasteiger partial charge is 0.193 e. The summed E-state index contributed by atoms with van der Waals surface area (Å²) < 4.78 is 5.38. The van der Waals surface area contributed by atoms with Gasteiger partial charge in [-0.15, -0.1) is 24.0 Å². The third kappa shape index (κ3) is 5.30. The molecule has 3 aliphatic rings. The van der Waals surface area contributed by atoms with E-state index in [1.807, 2.05) is 13.1 Å². The molecule has 2 saturated heterocycles. The number of anilines is 1. The van der Waals surface area contributed by atoms with Gasteiger partial charge in [0.25, 0.3) is 0 Å². The number of methoxy groups -OCH3 is 1. The first kappa shape index (κ1) is 22.5. The van der Waals surface area contributed by atoms with Crippen LogP contribution in [0.25, 0.3) is 0 Å². The molecular formula is C23H37IN4O. The minimum absolute atomic E-state index is 0. The number of ether oxygens (including phenoxy) is 1. The summed E-state index contributed by atoms with van der Waals surface area (Å²) >= 11 is 0. The van der Waals surface area contributed by atoms with Crippen molar-refractivity contribution in [2.45, 2.75) is 44.9 Å². The van der Waals surface area contributed by atoms with Gasteiger partial charge in [-0.25, -0.2) is 0 Å². The van der Waals surface area contributed by atoms with Crippen LogP contribution in [-0.4, -0.2) is 57.7 Å². The van der Waals surface area contributed by atoms with Crippen LogP contribution in [0.2, 0.25) is 0 Å². The first-order chi connectivity index (χ1) is 13.7. The Bertz CT molecular complexity index is 689. The molecule has 0 bridgehead atoms. The molecule has 1 aliphatic carbocycles. The number of likely N-dealkylation sites (tertiary alicyclic amines) is 1. The van der Waals surface area contributed by atoms with Gasteiger partial charge >= 0.3 is 0 Å². The molecule has 0 aromatic heterocycles. The van der Waals surface area contributed by atoms with Crippen LogP contribution in [0.1, 0.15) is 44.9 Å². The van der Waals surface area contributed by atoms with E-state index in [0.717, 1.165) is 31.3 Å². The maximum Gasteiger partial charge on any atom is 0.193 e. The van der Waals surface area contributed by atoms with Gasteiger partial charge in [0.1, 0.15) is 5.75 Å². The van der Waals surface area contributed by atoms with Crippen molar-refractivity contribution in [1.82, 2.24) is 10.2 Å². The van der Waals surface area contributed by atoms with Crippen molar-refractivity contribution in [2.75, 3.05) is 51.8 Å². The Morgan fingerprint density at radius 1 is 1.21 bits per heavy atom. The Hall–Kier alpha value is -1.18. The average Bonchev–Trinajstić information content (AvgIpc) is 3.37. The molecule has 1 aromatic carbocycles. The SMILES string of the molecule is CN=C(NCC1CCN(c2cccc(OC)c2)C1)N1CCC2(CCCCC2)C1.I. The Morgan fingerprint density at radius 3 is 2.79 bits per heavy atom. The predicted molar refractivity (Wildman–Crippen MR) is 132 cm³/mol. The molecule has 1 spiro atoms. The van der Waals surface area contributed by atoms with Gasteiger partial charge in [-0.05, 0) is 49.1 Å². The zero-order chi connectivity index (χ0) is 19.4. The highest BCUT2D eigenvalue weighted by Crippen LogP contribution is 2.43. The van der Waals surface area contributed by atoms with Gasteiger partial charge in [-0.2, -0.15) is 0 Å². The van der Waals surface area contributed by atoms with Crippen molar-refractivity contribution < 1.29 is 4.74 Å². The largest absolute Gasteiger partial charge is 0.497 e. The zero-order valence-corrected chi connectivity index (χ0v) is 20.4. The molecule has 6 heteroatoms. The Morgan fingerprint density at radius 2 is 2.03 bits per heavy atom. The van der Waals surface area contributed by atoms with E-state index >= 15 is 0 Å². The number of aliphatic imine (C=N–C) groups is 1. The van der Waals surface area contributed by atoms with Crippen LogP contribution in [0.15, 0.2) is 29.3 Å². The highest BCUT2D eigenvalue weighted by atomic mass is 127. The lowest BCUT2D eigenvalue weighted by Crippen LogP contribution is -2.43. The molecular weight excluding hydrogens is 475 g/mol. The van der Waals surface area contributed by atoms with Crippen molar-refractivity contribution in [3.63, 3.8) is 0 Å². The summed E-state index contributed by atoms with van der Waals surface area (Å²) in [5.74, 6) is 2.71. The maximum atomic E-state index is 5.38. The van der Waals surface area contributed by atoms with E-state index in [-0.39, 0.29) is 24.0 Å². The molecule has 1 atom stereocenters. The Kier molecular flexibility index (Phi) is 7.93. The molecule has 4 rings (SSSR count). The van der Waals surface area contributed by atoms with Crippen LogP contribution in [0.3, 0.4) is 0 Å². The average molecular weight is 512 g/mol. The number of guanidine groups is 1. The molecule has 1 unspecified atom stereocenters. The molecule has 2 heterocycles. The standard InChI is InChI=1S/C23H36N4O.HI/c1-24-22(27-14-12-23(18-27)10-4-3-5-11-23)25-16-19-9-13-26(17-19)20-7-6-8-21(15-20)28-2;/h6-8,15,19H,3-5,9-14,16-18H2,1-2H3,(H,24,25);1H. The molecule has 5 nitrogen and oxygen atoms in total. The van der Waals surface area contributed by atoms with Gasteiger partial charge in [-0.3, -0.25) is 4.99 Å². The molecule has 1 N–H and O–H groups in total. The van der Waals surface area contributed by atoms with E-state index in [1.54, 1.807) is 7.11 Å². The lowest BCUT2D eigenvalue weighted by Gasteiger charge is -2.33. The van der Waals surface area contributed by atoms with E-state index in [1.165, 1.54) is 63.7 Å². The first-order valence-corrected chi connectivity index (χ1v) is 11.1. The second kappa shape index (κ2) is 10.2. The molecule has 0 amide bonds. The minimum Gasteiger partial charge on any atom is -0.497 e. The topological polar surface area (TPSA) is 40.1 Å². The molecule has 1 aromatic rings. The monoisotopic (exact) mass is 512 g/mol. The molecule has 1 saturated carbocycles. The van der Waals surface area contributed by atoms with Gasteiger partial charge in [0.2, 0.25) is 0 Å². The minimum atomic E-state index is 0. The van der Waals surface area contributed by atoms with Crippen molar-refractivity contribution in [2.24, 2.45) is 16.3 Å². The third-order valence-corrected chi connectivity index (χ3v) is 7.12. The highest BCUT2D eigenvalue weighted by Gasteiger charge is 2.39. The van der Waals surface area contributed by atoms with Crippen LogP contribution in [-0.2, 0) is 0 Å². The van der Waals surface area contributed by atoms with E-state index in [0.29, 0.717) is 11.3 Å². The third-order valence-electron chi connectivity index (χ3n) is 7.12. The quantitative estimate of drug-likeness (QED) is 0.370. The summed E-state index contributed by atoms with van der Waals surface area (Å²) in [6.07, 6.45) is 9.67. The number of hydrogen-bond acceptors (Lipinski definition) is 3. The molecule has 2 aliphatic heterocycles. The highest BCUT2D eigenvalue weighted by molar-refractivity contribution is 14.0. The lowest BCUT2D eigenvalue weighted by molar-refractivity contribution is 0.203. The summed E-state index contributed by atoms with van der Waals surface area (Å²) in [6, 6.07) is 8.42. The van der Waals surface area contributed by atoms with Gasteiger partial charge in [0, 0.05) is 51.5 Å². The molecule has 29 heavy (non-hydrogen) atoms. The molecule has 3 fully saturated rings. The summed E-state index contributed by atoms with van der Waals surface area (Å²) in [4.78, 5) is 9.60. The zero-order valence-electron chi connectivity index (χ0n) is 18.0.